The average molecular weight is 403 g/mol. The van der Waals surface area contributed by atoms with Crippen molar-refractivity contribution < 1.29 is 28.6 Å². The smallest absolute Gasteiger partial charge is 0.339 e. The molecular formula is C20H21NO6S. The highest BCUT2D eigenvalue weighted by molar-refractivity contribution is 8.00. The van der Waals surface area contributed by atoms with E-state index in [1.54, 1.807) is 14.0 Å². The van der Waals surface area contributed by atoms with Crippen LogP contribution in [0.5, 0.6) is 5.75 Å². The lowest BCUT2D eigenvalue weighted by Crippen LogP contribution is -2.24. The summed E-state index contributed by atoms with van der Waals surface area (Å²) in [5.74, 6) is -0.800. The molecule has 2 aromatic rings. The van der Waals surface area contributed by atoms with E-state index in [-0.39, 0.29) is 22.7 Å². The first-order valence-electron chi connectivity index (χ1n) is 8.31. The number of carbonyl (C=O) groups excluding carboxylic acids is 3. The zero-order chi connectivity index (χ0) is 20.7. The van der Waals surface area contributed by atoms with Crippen molar-refractivity contribution >= 4 is 35.3 Å². The first-order chi connectivity index (χ1) is 13.4. The van der Waals surface area contributed by atoms with Crippen molar-refractivity contribution in [3.05, 3.63) is 53.6 Å². The molecule has 0 aliphatic carbocycles. The van der Waals surface area contributed by atoms with Crippen molar-refractivity contribution in [2.45, 2.75) is 17.1 Å². The molecule has 0 radical (unpaired) electrons. The van der Waals surface area contributed by atoms with E-state index in [0.29, 0.717) is 0 Å². The summed E-state index contributed by atoms with van der Waals surface area (Å²) in [6, 6.07) is 11.6. The van der Waals surface area contributed by atoms with Gasteiger partial charge in [0.25, 0.3) is 0 Å². The topological polar surface area (TPSA) is 90.9 Å². The van der Waals surface area contributed by atoms with E-state index in [0.717, 1.165) is 10.6 Å². The van der Waals surface area contributed by atoms with Crippen molar-refractivity contribution in [2.75, 3.05) is 26.6 Å². The van der Waals surface area contributed by atoms with Crippen LogP contribution in [0, 0.1) is 0 Å². The number of anilines is 1. The van der Waals surface area contributed by atoms with Gasteiger partial charge in [-0.1, -0.05) is 0 Å². The summed E-state index contributed by atoms with van der Waals surface area (Å²) in [7, 11) is 4.08. The van der Waals surface area contributed by atoms with Crippen molar-refractivity contribution in [1.29, 1.82) is 0 Å². The third kappa shape index (κ3) is 5.26. The summed E-state index contributed by atoms with van der Waals surface area (Å²) in [5.41, 5.74) is 0.535. The van der Waals surface area contributed by atoms with Crippen molar-refractivity contribution in [3.63, 3.8) is 0 Å². The number of hydrogen-bond acceptors (Lipinski definition) is 7. The fourth-order valence-electron chi connectivity index (χ4n) is 2.33. The first kappa shape index (κ1) is 21.3. The van der Waals surface area contributed by atoms with Gasteiger partial charge in [0.1, 0.15) is 5.75 Å². The highest BCUT2D eigenvalue weighted by Crippen LogP contribution is 2.27. The van der Waals surface area contributed by atoms with Crippen LogP contribution in [-0.2, 0) is 14.3 Å². The Hall–Kier alpha value is -3.00. The van der Waals surface area contributed by atoms with Crippen molar-refractivity contribution in [2.24, 2.45) is 0 Å². The monoisotopic (exact) mass is 403 g/mol. The molecule has 0 aromatic heterocycles. The Bertz CT molecular complexity index is 865. The number of rotatable bonds is 7. The Labute approximate surface area is 167 Å². The second-order valence-corrected chi connectivity index (χ2v) is 7.08. The van der Waals surface area contributed by atoms with E-state index in [9.17, 15) is 14.4 Å². The van der Waals surface area contributed by atoms with Crippen molar-refractivity contribution in [3.8, 4) is 5.75 Å². The molecule has 7 nitrogen and oxygen atoms in total. The molecule has 0 saturated carbocycles. The molecule has 0 aliphatic heterocycles. The molecule has 0 heterocycles. The lowest BCUT2D eigenvalue weighted by atomic mass is 10.1. The molecule has 2 rings (SSSR count). The summed E-state index contributed by atoms with van der Waals surface area (Å²) in [5, 5.41) is 2.24. The zero-order valence-electron chi connectivity index (χ0n) is 16.0. The molecule has 1 atom stereocenters. The van der Waals surface area contributed by atoms with Crippen LogP contribution in [0.3, 0.4) is 0 Å². The zero-order valence-corrected chi connectivity index (χ0v) is 16.8. The van der Waals surface area contributed by atoms with E-state index < -0.39 is 17.2 Å². The van der Waals surface area contributed by atoms with Crippen LogP contribution in [0.4, 0.5) is 5.69 Å². The van der Waals surface area contributed by atoms with Gasteiger partial charge in [0.2, 0.25) is 5.91 Å². The van der Waals surface area contributed by atoms with Crippen LogP contribution in [0.15, 0.2) is 47.4 Å². The predicted octanol–water partition coefficient (Wildman–Crippen LogP) is 3.39. The minimum absolute atomic E-state index is 0.144. The number of nitrogens with one attached hydrogen (secondary N) is 1. The van der Waals surface area contributed by atoms with Gasteiger partial charge < -0.3 is 19.5 Å². The molecule has 1 amide bonds. The fraction of sp³-hybridized carbons (Fsp3) is 0.250. The van der Waals surface area contributed by atoms with Gasteiger partial charge in [-0.2, -0.15) is 0 Å². The molecule has 1 N–H and O–H groups in total. The number of amides is 1. The van der Waals surface area contributed by atoms with Gasteiger partial charge in [-0.25, -0.2) is 9.59 Å². The van der Waals surface area contributed by atoms with Crippen LogP contribution in [0.25, 0.3) is 0 Å². The predicted molar refractivity (Wildman–Crippen MR) is 106 cm³/mol. The van der Waals surface area contributed by atoms with E-state index in [1.165, 1.54) is 44.2 Å². The van der Waals surface area contributed by atoms with Gasteiger partial charge in [0.15, 0.2) is 0 Å². The maximum atomic E-state index is 12.6. The van der Waals surface area contributed by atoms with E-state index in [2.05, 4.69) is 10.1 Å². The number of benzene rings is 2. The van der Waals surface area contributed by atoms with E-state index >= 15 is 0 Å². The molecule has 8 heteroatoms. The van der Waals surface area contributed by atoms with Crippen LogP contribution in [0.1, 0.15) is 27.6 Å². The van der Waals surface area contributed by atoms with Crippen LogP contribution < -0.4 is 10.1 Å². The number of esters is 2. The Balaban J connectivity index is 2.19. The summed E-state index contributed by atoms with van der Waals surface area (Å²) < 4.78 is 14.5. The van der Waals surface area contributed by atoms with Crippen LogP contribution >= 0.6 is 11.8 Å². The number of ether oxygens (including phenoxy) is 3. The standard InChI is InChI=1S/C20H21NO6S/c1-12(28-15-8-6-14(25-2)7-9-15)18(22)21-17-11-13(19(23)26-3)5-10-16(17)20(24)27-4/h5-12H,1-4H3,(H,21,22)/t12-/m1/s1. The van der Waals surface area contributed by atoms with Gasteiger partial charge in [-0.3, -0.25) is 4.79 Å². The van der Waals surface area contributed by atoms with Gasteiger partial charge in [-0.15, -0.1) is 11.8 Å². The minimum Gasteiger partial charge on any atom is -0.497 e. The van der Waals surface area contributed by atoms with Crippen LogP contribution in [0.2, 0.25) is 0 Å². The van der Waals surface area contributed by atoms with Gasteiger partial charge in [-0.05, 0) is 49.4 Å². The lowest BCUT2D eigenvalue weighted by Gasteiger charge is -2.15. The van der Waals surface area contributed by atoms with Gasteiger partial charge in [0, 0.05) is 4.90 Å². The lowest BCUT2D eigenvalue weighted by molar-refractivity contribution is -0.115. The molecule has 0 unspecified atom stereocenters. The minimum atomic E-state index is -0.623. The molecule has 2 aromatic carbocycles. The highest BCUT2D eigenvalue weighted by atomic mass is 32.2. The Kier molecular flexibility index (Phi) is 7.45. The quantitative estimate of drug-likeness (QED) is 0.560. The largest absolute Gasteiger partial charge is 0.497 e. The number of hydrogen-bond donors (Lipinski definition) is 1. The SMILES string of the molecule is COC(=O)c1ccc(C(=O)OC)c(NC(=O)[C@@H](C)Sc2ccc(OC)cc2)c1. The van der Waals surface area contributed by atoms with Gasteiger partial charge in [0.05, 0.1) is 43.4 Å². The molecule has 0 bridgehead atoms. The third-order valence-electron chi connectivity index (χ3n) is 3.85. The van der Waals surface area contributed by atoms with E-state index in [4.69, 9.17) is 9.47 Å². The molecule has 28 heavy (non-hydrogen) atoms. The molecule has 0 saturated heterocycles. The number of thioether (sulfide) groups is 1. The maximum Gasteiger partial charge on any atom is 0.339 e. The average Bonchev–Trinajstić information content (AvgIpc) is 2.72. The maximum absolute atomic E-state index is 12.6. The number of carbonyl (C=O) groups is 3. The Morgan fingerprint density at radius 1 is 0.929 bits per heavy atom. The molecular weight excluding hydrogens is 382 g/mol. The fourth-order valence-corrected chi connectivity index (χ4v) is 3.19. The van der Waals surface area contributed by atoms with Crippen molar-refractivity contribution in [1.82, 2.24) is 0 Å². The van der Waals surface area contributed by atoms with Crippen LogP contribution in [-0.4, -0.2) is 44.4 Å². The summed E-state index contributed by atoms with van der Waals surface area (Å²) in [6.07, 6.45) is 0. The van der Waals surface area contributed by atoms with E-state index in [1.807, 2.05) is 24.3 Å². The summed E-state index contributed by atoms with van der Waals surface area (Å²) in [6.45, 7) is 1.74. The highest BCUT2D eigenvalue weighted by Gasteiger charge is 2.20. The summed E-state index contributed by atoms with van der Waals surface area (Å²) >= 11 is 1.35. The van der Waals surface area contributed by atoms with Gasteiger partial charge >= 0.3 is 11.9 Å². The first-order valence-corrected chi connectivity index (χ1v) is 9.19. The Morgan fingerprint density at radius 2 is 1.57 bits per heavy atom. The molecule has 148 valence electrons. The molecule has 0 spiro atoms. The second-order valence-electron chi connectivity index (χ2n) is 5.67. The third-order valence-corrected chi connectivity index (χ3v) is 4.96. The molecule has 0 fully saturated rings. The number of methoxy groups -OCH3 is 3. The summed E-state index contributed by atoms with van der Waals surface area (Å²) in [4.78, 5) is 37.3. The molecule has 0 aliphatic rings. The normalized spacial score (nSPS) is 11.3. The Morgan fingerprint density at radius 3 is 2.14 bits per heavy atom. The second kappa shape index (κ2) is 9.80.